The van der Waals surface area contributed by atoms with E-state index in [1.807, 2.05) is 59.1 Å². The fraction of sp³-hybridized carbons (Fsp3) is 0.435. The quantitative estimate of drug-likeness (QED) is 0.0772. The molecule has 2 aromatic heterocycles. The Kier molecular flexibility index (Phi) is 15.0. The van der Waals surface area contributed by atoms with Crippen molar-refractivity contribution in [3.8, 4) is 21.7 Å². The first-order chi connectivity index (χ1) is 23.7. The van der Waals surface area contributed by atoms with Crippen LogP contribution in [0.15, 0.2) is 78.7 Å². The Hall–Kier alpha value is -3.11. The summed E-state index contributed by atoms with van der Waals surface area (Å²) in [4.78, 5) is 18.4. The summed E-state index contributed by atoms with van der Waals surface area (Å²) in [5.41, 5.74) is 6.90. The number of aromatic nitrogens is 1. The molecule has 0 bridgehead atoms. The molecule has 5 rings (SSSR count). The Morgan fingerprint density at radius 1 is 0.882 bits per heavy atom. The molecule has 1 radical (unpaired) electrons. The molecule has 275 valence electrons. The van der Waals surface area contributed by atoms with Crippen molar-refractivity contribution in [2.75, 3.05) is 0 Å². The van der Waals surface area contributed by atoms with Crippen LogP contribution in [0.4, 0.5) is 0 Å². The minimum atomic E-state index is -0.337. The molecule has 0 aliphatic heterocycles. The van der Waals surface area contributed by atoms with Crippen LogP contribution >= 0.6 is 11.3 Å². The zero-order valence-electron chi connectivity index (χ0n) is 32.7. The van der Waals surface area contributed by atoms with Crippen LogP contribution in [0.3, 0.4) is 0 Å². The number of hydrogen-bond donors (Lipinski definition) is 1. The van der Waals surface area contributed by atoms with Gasteiger partial charge in [0.2, 0.25) is 0 Å². The van der Waals surface area contributed by atoms with Gasteiger partial charge in [0.15, 0.2) is 5.78 Å². The number of hydrogen-bond acceptors (Lipinski definition) is 4. The SMILES string of the molecule is CCC(C)(CC)C(=O)/C=C(\O)C(C)(CC)CC.Cc1c(-c2ccc(CC(C)C)cc2)sc2c(-c3[c-]c4ccccc4c(C(C)C)c3)nccc12.[Ir]. The third kappa shape index (κ3) is 9.47. The number of rotatable bonds is 12. The molecule has 0 saturated heterocycles. The van der Waals surface area contributed by atoms with Gasteiger partial charge in [-0.05, 0) is 79.0 Å². The molecule has 0 fully saturated rings. The van der Waals surface area contributed by atoms with E-state index < -0.39 is 0 Å². The van der Waals surface area contributed by atoms with Crippen LogP contribution in [0.2, 0.25) is 0 Å². The maximum absolute atomic E-state index is 12.2. The van der Waals surface area contributed by atoms with Crippen LogP contribution in [0.5, 0.6) is 0 Å². The molecule has 0 saturated carbocycles. The van der Waals surface area contributed by atoms with Crippen molar-refractivity contribution in [3.05, 3.63) is 101 Å². The molecule has 0 aliphatic rings. The normalized spacial score (nSPS) is 12.3. The van der Waals surface area contributed by atoms with Gasteiger partial charge < -0.3 is 5.11 Å². The van der Waals surface area contributed by atoms with Crippen LogP contribution in [0, 0.1) is 29.7 Å². The van der Waals surface area contributed by atoms with Crippen molar-refractivity contribution in [3.63, 3.8) is 0 Å². The van der Waals surface area contributed by atoms with Gasteiger partial charge in [-0.2, -0.15) is 0 Å². The molecule has 1 N–H and O–H groups in total. The number of aliphatic hydroxyl groups excluding tert-OH is 1. The molecule has 51 heavy (non-hydrogen) atoms. The van der Waals surface area contributed by atoms with E-state index in [2.05, 4.69) is 101 Å². The van der Waals surface area contributed by atoms with Gasteiger partial charge in [0.1, 0.15) is 5.76 Å². The minimum absolute atomic E-state index is 0. The van der Waals surface area contributed by atoms with Crippen molar-refractivity contribution in [1.82, 2.24) is 4.98 Å². The Morgan fingerprint density at radius 2 is 1.49 bits per heavy atom. The van der Waals surface area contributed by atoms with Gasteiger partial charge in [-0.15, -0.1) is 40.5 Å². The average Bonchev–Trinajstić information content (AvgIpc) is 3.46. The van der Waals surface area contributed by atoms with Crippen LogP contribution in [0.1, 0.15) is 118 Å². The summed E-state index contributed by atoms with van der Waals surface area (Å²) in [6, 6.07) is 25.8. The van der Waals surface area contributed by atoms with E-state index in [4.69, 9.17) is 4.98 Å². The number of nitrogens with zero attached hydrogens (tertiary/aromatic N) is 1. The molecule has 3 nitrogen and oxygen atoms in total. The Morgan fingerprint density at radius 3 is 2.06 bits per heavy atom. The number of allylic oxidation sites excluding steroid dienone is 2. The molecule has 0 amide bonds. The van der Waals surface area contributed by atoms with Gasteiger partial charge in [0.05, 0.1) is 0 Å². The second-order valence-corrected chi connectivity index (χ2v) is 16.2. The fourth-order valence-electron chi connectivity index (χ4n) is 6.43. The van der Waals surface area contributed by atoms with E-state index >= 15 is 0 Å². The maximum atomic E-state index is 12.2. The number of aliphatic hydroxyl groups is 1. The molecule has 3 aromatic carbocycles. The number of pyridine rings is 1. The molecule has 0 aliphatic carbocycles. The number of thiophene rings is 1. The first-order valence-corrected chi connectivity index (χ1v) is 19.4. The standard InChI is InChI=1S/C31H30NS.C15H28O2.Ir/c1-19(2)16-22-10-12-23(13-11-22)30-21(5)26-14-15-32-29(31(26)33-30)25-17-24-8-6-7-9-27(24)28(18-25)20(3)4;1-7-14(5,8-2)12(16)11-13(17)15(6,9-3)10-4;/h6-15,18-20H,16H2,1-5H3;11,16H,7-10H2,1-6H3;/q-1;;/b;12-11-;. The van der Waals surface area contributed by atoms with E-state index in [0.717, 1.165) is 48.7 Å². The molecular weight excluding hydrogens is 823 g/mol. The van der Waals surface area contributed by atoms with Crippen LogP contribution < -0.4 is 0 Å². The summed E-state index contributed by atoms with van der Waals surface area (Å²) in [7, 11) is 0. The molecule has 2 heterocycles. The van der Waals surface area contributed by atoms with Crippen LogP contribution in [-0.4, -0.2) is 15.9 Å². The maximum Gasteiger partial charge on any atom is 0.164 e. The molecule has 5 heteroatoms. The summed E-state index contributed by atoms with van der Waals surface area (Å²) < 4.78 is 1.25. The van der Waals surface area contributed by atoms with Crippen LogP contribution in [-0.2, 0) is 31.3 Å². The zero-order valence-corrected chi connectivity index (χ0v) is 35.9. The van der Waals surface area contributed by atoms with Crippen LogP contribution in [0.25, 0.3) is 42.6 Å². The zero-order chi connectivity index (χ0) is 36.8. The second-order valence-electron chi connectivity index (χ2n) is 15.2. The predicted molar refractivity (Wildman–Crippen MR) is 217 cm³/mol. The average molecular weight is 881 g/mol. The third-order valence-corrected chi connectivity index (χ3v) is 12.4. The number of aryl methyl sites for hydroxylation is 1. The van der Waals surface area contributed by atoms with E-state index in [1.165, 1.54) is 48.7 Å². The molecule has 0 spiro atoms. The summed E-state index contributed by atoms with van der Waals surface area (Å²) in [5.74, 6) is 1.39. The molecule has 0 atom stereocenters. The van der Waals surface area contributed by atoms with Crippen molar-refractivity contribution in [1.29, 1.82) is 0 Å². The van der Waals surface area contributed by atoms with Crippen molar-refractivity contribution < 1.29 is 30.0 Å². The van der Waals surface area contributed by atoms with Gasteiger partial charge in [-0.1, -0.05) is 123 Å². The van der Waals surface area contributed by atoms with E-state index in [1.54, 1.807) is 0 Å². The number of ketones is 1. The van der Waals surface area contributed by atoms with Crippen molar-refractivity contribution >= 4 is 38.0 Å². The minimum Gasteiger partial charge on any atom is -0.512 e. The van der Waals surface area contributed by atoms with Gasteiger partial charge >= 0.3 is 0 Å². The van der Waals surface area contributed by atoms with Gasteiger partial charge in [-0.25, -0.2) is 0 Å². The number of fused-ring (bicyclic) bond motifs is 2. The Balaban J connectivity index is 0.000000335. The summed E-state index contributed by atoms with van der Waals surface area (Å²) >= 11 is 1.86. The van der Waals surface area contributed by atoms with Crippen molar-refractivity contribution in [2.45, 2.75) is 114 Å². The Labute approximate surface area is 325 Å². The smallest absolute Gasteiger partial charge is 0.164 e. The molecule has 5 aromatic rings. The first-order valence-electron chi connectivity index (χ1n) is 18.6. The van der Waals surface area contributed by atoms with E-state index in [-0.39, 0.29) is 42.5 Å². The van der Waals surface area contributed by atoms with Gasteiger partial charge in [0.25, 0.3) is 0 Å². The van der Waals surface area contributed by atoms with E-state index in [9.17, 15) is 9.90 Å². The molecular formula is C46H58IrNO2S-. The summed E-state index contributed by atoms with van der Waals surface area (Å²) in [6.45, 7) is 23.4. The number of carbonyl (C=O) groups is 1. The molecule has 0 unspecified atom stereocenters. The third-order valence-electron chi connectivity index (χ3n) is 11.0. The number of carbonyl (C=O) groups excluding carboxylic acids is 1. The van der Waals surface area contributed by atoms with Gasteiger partial charge in [0, 0.05) is 58.5 Å². The summed E-state index contributed by atoms with van der Waals surface area (Å²) in [5, 5.41) is 13.9. The van der Waals surface area contributed by atoms with E-state index in [0.29, 0.717) is 11.8 Å². The largest absolute Gasteiger partial charge is 0.512 e. The second kappa shape index (κ2) is 18.1. The topological polar surface area (TPSA) is 50.2 Å². The van der Waals surface area contributed by atoms with Crippen molar-refractivity contribution in [2.24, 2.45) is 16.7 Å². The fourth-order valence-corrected chi connectivity index (χ4v) is 7.74. The Bertz CT molecular complexity index is 1940. The number of benzene rings is 3. The summed E-state index contributed by atoms with van der Waals surface area (Å²) in [6.07, 6.45) is 7.82. The monoisotopic (exact) mass is 881 g/mol. The van der Waals surface area contributed by atoms with Gasteiger partial charge in [-0.3, -0.25) is 9.78 Å². The predicted octanol–water partition coefficient (Wildman–Crippen LogP) is 13.9. The first kappa shape index (κ1) is 42.3.